The molecule has 1 aromatic rings. The van der Waals surface area contributed by atoms with Crippen molar-refractivity contribution in [1.82, 2.24) is 0 Å². The predicted molar refractivity (Wildman–Crippen MR) is 73.7 cm³/mol. The van der Waals surface area contributed by atoms with E-state index in [9.17, 15) is 9.50 Å². The van der Waals surface area contributed by atoms with Gasteiger partial charge in [-0.1, -0.05) is 6.07 Å². The number of benzene rings is 1. The maximum atomic E-state index is 13.9. The van der Waals surface area contributed by atoms with E-state index in [-0.39, 0.29) is 12.4 Å². The van der Waals surface area contributed by atoms with Crippen molar-refractivity contribution in [3.63, 3.8) is 0 Å². The first-order valence-corrected chi connectivity index (χ1v) is 6.99. The summed E-state index contributed by atoms with van der Waals surface area (Å²) < 4.78 is 13.9. The minimum atomic E-state index is -0.826. The third-order valence-corrected chi connectivity index (χ3v) is 3.83. The Hall–Kier alpha value is -1.13. The Balaban J connectivity index is 2.31. The monoisotopic (exact) mass is 267 g/mol. The Morgan fingerprint density at radius 1 is 1.42 bits per heavy atom. The summed E-state index contributed by atoms with van der Waals surface area (Å²) in [6.07, 6.45) is 3.22. The van der Waals surface area contributed by atoms with E-state index in [2.05, 4.69) is 4.90 Å². The fraction of sp³-hybridized carbons (Fsp3) is 0.600. The summed E-state index contributed by atoms with van der Waals surface area (Å²) >= 11 is 0. The third kappa shape index (κ3) is 3.07. The van der Waals surface area contributed by atoms with Crippen LogP contribution in [-0.2, 0) is 0 Å². The van der Waals surface area contributed by atoms with E-state index in [0.29, 0.717) is 24.6 Å². The van der Waals surface area contributed by atoms with Gasteiger partial charge >= 0.3 is 0 Å². The minimum Gasteiger partial charge on any atom is -0.396 e. The molecule has 0 radical (unpaired) electrons. The van der Waals surface area contributed by atoms with Crippen LogP contribution in [-0.4, -0.2) is 29.4 Å². The molecular formula is C15H22FNO2. The summed E-state index contributed by atoms with van der Waals surface area (Å²) in [6.45, 7) is 2.42. The van der Waals surface area contributed by atoms with Crippen LogP contribution in [0.2, 0.25) is 0 Å². The van der Waals surface area contributed by atoms with Crippen molar-refractivity contribution in [2.45, 2.75) is 44.8 Å². The molecule has 1 aliphatic carbocycles. The Morgan fingerprint density at radius 3 is 2.68 bits per heavy atom. The number of halogens is 1. The number of rotatable bonds is 6. The van der Waals surface area contributed by atoms with E-state index in [4.69, 9.17) is 5.11 Å². The second kappa shape index (κ2) is 6.35. The van der Waals surface area contributed by atoms with Gasteiger partial charge < -0.3 is 15.1 Å². The second-order valence-corrected chi connectivity index (χ2v) is 5.20. The van der Waals surface area contributed by atoms with Gasteiger partial charge in [0.1, 0.15) is 5.82 Å². The van der Waals surface area contributed by atoms with E-state index in [1.807, 2.05) is 6.07 Å². The van der Waals surface area contributed by atoms with Crippen molar-refractivity contribution in [1.29, 1.82) is 0 Å². The average molecular weight is 267 g/mol. The number of aliphatic hydroxyl groups excluding tert-OH is 2. The molecule has 2 N–H and O–H groups in total. The summed E-state index contributed by atoms with van der Waals surface area (Å²) in [6, 6.07) is 5.34. The number of nitrogens with zero attached hydrogens (tertiary/aromatic N) is 1. The average Bonchev–Trinajstić information content (AvgIpc) is 2.31. The molecule has 0 saturated heterocycles. The highest BCUT2D eigenvalue weighted by atomic mass is 19.1. The molecule has 0 spiro atoms. The van der Waals surface area contributed by atoms with Crippen molar-refractivity contribution >= 4 is 5.69 Å². The second-order valence-electron chi connectivity index (χ2n) is 5.20. The fourth-order valence-corrected chi connectivity index (χ4v) is 2.63. The zero-order chi connectivity index (χ0) is 13.8. The molecule has 1 aromatic carbocycles. The van der Waals surface area contributed by atoms with Crippen molar-refractivity contribution in [2.75, 3.05) is 18.1 Å². The Kier molecular flexibility index (Phi) is 4.77. The van der Waals surface area contributed by atoms with E-state index in [1.54, 1.807) is 13.0 Å². The molecule has 0 aromatic heterocycles. The largest absolute Gasteiger partial charge is 0.396 e. The molecule has 0 aliphatic heterocycles. The van der Waals surface area contributed by atoms with Gasteiger partial charge in [0.05, 0.1) is 6.10 Å². The number of aliphatic hydroxyl groups is 2. The zero-order valence-corrected chi connectivity index (χ0v) is 11.3. The maximum Gasteiger partial charge on any atom is 0.131 e. The van der Waals surface area contributed by atoms with Gasteiger partial charge in [-0.15, -0.1) is 0 Å². The standard InChI is InChI=1S/C15H22FNO2/c1-11(19)15-13(16)7-3-8-14(15)17(9-4-10-18)12-5-2-6-12/h3,7-8,11-12,18-19H,2,4-6,9-10H2,1H3/t11-/m0/s1. The molecule has 3 nitrogen and oxygen atoms in total. The summed E-state index contributed by atoms with van der Waals surface area (Å²) in [4.78, 5) is 2.14. The van der Waals surface area contributed by atoms with E-state index in [0.717, 1.165) is 18.5 Å². The SMILES string of the molecule is C[C@H](O)c1c(F)cccc1N(CCCO)C1CCC1. The zero-order valence-electron chi connectivity index (χ0n) is 11.3. The Morgan fingerprint density at radius 2 is 2.16 bits per heavy atom. The summed E-state index contributed by atoms with van der Waals surface area (Å²) in [7, 11) is 0. The molecule has 1 atom stereocenters. The molecule has 0 amide bonds. The van der Waals surface area contributed by atoms with Crippen LogP contribution in [0.25, 0.3) is 0 Å². The van der Waals surface area contributed by atoms with Gasteiger partial charge in [0.15, 0.2) is 0 Å². The van der Waals surface area contributed by atoms with E-state index < -0.39 is 6.10 Å². The molecule has 1 fully saturated rings. The molecule has 1 saturated carbocycles. The van der Waals surface area contributed by atoms with Crippen LogP contribution in [0.1, 0.15) is 44.3 Å². The van der Waals surface area contributed by atoms with Gasteiger partial charge in [-0.25, -0.2) is 4.39 Å². The fourth-order valence-electron chi connectivity index (χ4n) is 2.63. The summed E-state index contributed by atoms with van der Waals surface area (Å²) in [5, 5.41) is 18.8. The Labute approximate surface area is 113 Å². The lowest BCUT2D eigenvalue weighted by Gasteiger charge is -2.40. The van der Waals surface area contributed by atoms with Crippen LogP contribution >= 0.6 is 0 Å². The topological polar surface area (TPSA) is 43.7 Å². The molecule has 0 heterocycles. The maximum absolute atomic E-state index is 13.9. The van der Waals surface area contributed by atoms with Crippen LogP contribution in [0.4, 0.5) is 10.1 Å². The molecule has 19 heavy (non-hydrogen) atoms. The number of hydrogen-bond acceptors (Lipinski definition) is 3. The van der Waals surface area contributed by atoms with Crippen LogP contribution < -0.4 is 4.90 Å². The van der Waals surface area contributed by atoms with Crippen molar-refractivity contribution in [3.05, 3.63) is 29.6 Å². The lowest BCUT2D eigenvalue weighted by atomic mass is 9.90. The van der Waals surface area contributed by atoms with Crippen LogP contribution in [0, 0.1) is 5.82 Å². The van der Waals surface area contributed by atoms with Gasteiger partial charge in [-0.3, -0.25) is 0 Å². The Bertz CT molecular complexity index is 419. The predicted octanol–water partition coefficient (Wildman–Crippen LogP) is 2.62. The van der Waals surface area contributed by atoms with Crippen molar-refractivity contribution < 1.29 is 14.6 Å². The highest BCUT2D eigenvalue weighted by Crippen LogP contribution is 2.35. The van der Waals surface area contributed by atoms with Gasteiger partial charge in [-0.05, 0) is 44.7 Å². The normalized spacial score (nSPS) is 17.1. The number of anilines is 1. The van der Waals surface area contributed by atoms with Gasteiger partial charge in [0, 0.05) is 30.4 Å². The lowest BCUT2D eigenvalue weighted by molar-refractivity contribution is 0.194. The molecule has 4 heteroatoms. The smallest absolute Gasteiger partial charge is 0.131 e. The van der Waals surface area contributed by atoms with Crippen LogP contribution in [0.5, 0.6) is 0 Å². The molecule has 2 rings (SSSR count). The van der Waals surface area contributed by atoms with Crippen LogP contribution in [0.15, 0.2) is 18.2 Å². The first-order valence-electron chi connectivity index (χ1n) is 6.99. The van der Waals surface area contributed by atoms with E-state index >= 15 is 0 Å². The van der Waals surface area contributed by atoms with E-state index in [1.165, 1.54) is 12.5 Å². The highest BCUT2D eigenvalue weighted by molar-refractivity contribution is 5.56. The number of hydrogen-bond donors (Lipinski definition) is 2. The van der Waals surface area contributed by atoms with Crippen LogP contribution in [0.3, 0.4) is 0 Å². The third-order valence-electron chi connectivity index (χ3n) is 3.83. The first-order chi connectivity index (χ1) is 9.15. The molecule has 1 aliphatic rings. The highest BCUT2D eigenvalue weighted by Gasteiger charge is 2.28. The quantitative estimate of drug-likeness (QED) is 0.832. The lowest BCUT2D eigenvalue weighted by Crippen LogP contribution is -2.41. The van der Waals surface area contributed by atoms with Crippen molar-refractivity contribution in [2.24, 2.45) is 0 Å². The molecule has 106 valence electrons. The molecule has 0 bridgehead atoms. The summed E-state index contributed by atoms with van der Waals surface area (Å²) in [5.74, 6) is -0.360. The van der Waals surface area contributed by atoms with Gasteiger partial charge in [-0.2, -0.15) is 0 Å². The van der Waals surface area contributed by atoms with Crippen molar-refractivity contribution in [3.8, 4) is 0 Å². The minimum absolute atomic E-state index is 0.128. The summed E-state index contributed by atoms with van der Waals surface area (Å²) in [5.41, 5.74) is 1.14. The molecule has 0 unspecified atom stereocenters. The first kappa shape index (κ1) is 14.3. The van der Waals surface area contributed by atoms with Gasteiger partial charge in [0.25, 0.3) is 0 Å². The molecular weight excluding hydrogens is 245 g/mol. The van der Waals surface area contributed by atoms with Gasteiger partial charge in [0.2, 0.25) is 0 Å².